The van der Waals surface area contributed by atoms with Gasteiger partial charge in [0.05, 0.1) is 5.56 Å². The summed E-state index contributed by atoms with van der Waals surface area (Å²) in [6.45, 7) is 3.30. The Bertz CT molecular complexity index is 538. The number of nitrogens with one attached hydrogen (secondary N) is 1. The molecule has 0 radical (unpaired) electrons. The number of aryl methyl sites for hydroxylation is 2. The predicted molar refractivity (Wildman–Crippen MR) is 87.2 cm³/mol. The van der Waals surface area contributed by atoms with Gasteiger partial charge in [-0.2, -0.15) is 0 Å². The molecule has 1 aliphatic heterocycles. The van der Waals surface area contributed by atoms with Crippen LogP contribution in [0.2, 0.25) is 0 Å². The third kappa shape index (κ3) is 2.76. The fourth-order valence-electron chi connectivity index (χ4n) is 3.76. The van der Waals surface area contributed by atoms with E-state index < -0.39 is 0 Å². The average Bonchev–Trinajstić information content (AvgIpc) is 2.80. The first kappa shape index (κ1) is 14.4. The van der Waals surface area contributed by atoms with Gasteiger partial charge in [0.2, 0.25) is 0 Å². The van der Waals surface area contributed by atoms with Gasteiger partial charge < -0.3 is 10.6 Å². The summed E-state index contributed by atoms with van der Waals surface area (Å²) in [5.74, 6) is 1.13. The number of pyridine rings is 1. The van der Waals surface area contributed by atoms with E-state index in [0.29, 0.717) is 6.04 Å². The van der Waals surface area contributed by atoms with Gasteiger partial charge in [0.1, 0.15) is 11.7 Å². The second kappa shape index (κ2) is 6.04. The highest BCUT2D eigenvalue weighted by Crippen LogP contribution is 2.31. The fourth-order valence-corrected chi connectivity index (χ4v) is 3.76. The largest absolute Gasteiger partial charge is 0.384 e. The van der Waals surface area contributed by atoms with Crippen molar-refractivity contribution in [2.45, 2.75) is 64.3 Å². The van der Waals surface area contributed by atoms with Gasteiger partial charge in [-0.15, -0.1) is 0 Å². The summed E-state index contributed by atoms with van der Waals surface area (Å²) in [5, 5.41) is 7.95. The molecule has 1 aliphatic carbocycles. The molecule has 4 nitrogen and oxygen atoms in total. The molecule has 1 aromatic heterocycles. The maximum Gasteiger partial charge on any atom is 0.140 e. The van der Waals surface area contributed by atoms with Gasteiger partial charge >= 0.3 is 0 Å². The van der Waals surface area contributed by atoms with Gasteiger partial charge in [0, 0.05) is 18.3 Å². The molecule has 0 amide bonds. The zero-order chi connectivity index (χ0) is 14.8. The molecule has 3 rings (SSSR count). The summed E-state index contributed by atoms with van der Waals surface area (Å²) < 4.78 is 0. The van der Waals surface area contributed by atoms with Crippen LogP contribution in [0.15, 0.2) is 6.07 Å². The van der Waals surface area contributed by atoms with Crippen LogP contribution < -0.4 is 10.6 Å². The van der Waals surface area contributed by atoms with Crippen LogP contribution in [0.3, 0.4) is 0 Å². The van der Waals surface area contributed by atoms with E-state index in [2.05, 4.69) is 17.9 Å². The van der Waals surface area contributed by atoms with E-state index in [1.54, 1.807) is 0 Å². The van der Waals surface area contributed by atoms with Crippen molar-refractivity contribution in [2.75, 3.05) is 11.4 Å². The number of nitrogen functional groups attached to an aromatic ring is 1. The monoisotopic (exact) mass is 286 g/mol. The van der Waals surface area contributed by atoms with Crippen LogP contribution in [-0.2, 0) is 12.8 Å². The van der Waals surface area contributed by atoms with E-state index in [1.807, 2.05) is 0 Å². The molecule has 0 saturated carbocycles. The second-order valence-electron chi connectivity index (χ2n) is 6.34. The van der Waals surface area contributed by atoms with Crippen molar-refractivity contribution in [1.82, 2.24) is 4.98 Å². The summed E-state index contributed by atoms with van der Waals surface area (Å²) in [5.41, 5.74) is 9.23. The van der Waals surface area contributed by atoms with Crippen molar-refractivity contribution >= 4 is 11.7 Å². The van der Waals surface area contributed by atoms with Crippen molar-refractivity contribution in [1.29, 1.82) is 5.41 Å². The molecular formula is C17H26N4. The predicted octanol–water partition coefficient (Wildman–Crippen LogP) is 3.01. The highest BCUT2D eigenvalue weighted by atomic mass is 15.2. The van der Waals surface area contributed by atoms with Crippen LogP contribution in [-0.4, -0.2) is 23.4 Å². The molecule has 114 valence electrons. The molecule has 2 heterocycles. The number of anilines is 1. The fraction of sp³-hybridized carbons (Fsp3) is 0.647. The quantitative estimate of drug-likeness (QED) is 0.663. The molecule has 4 heteroatoms. The maximum absolute atomic E-state index is 7.95. The molecule has 1 unspecified atom stereocenters. The molecule has 3 N–H and O–H groups in total. The summed E-state index contributed by atoms with van der Waals surface area (Å²) in [6.07, 6.45) is 9.52. The first-order valence-electron chi connectivity index (χ1n) is 8.34. The van der Waals surface area contributed by atoms with E-state index in [0.717, 1.165) is 37.2 Å². The van der Waals surface area contributed by atoms with Gasteiger partial charge in [-0.1, -0.05) is 19.8 Å². The number of hydrogen-bond acceptors (Lipinski definition) is 3. The van der Waals surface area contributed by atoms with Gasteiger partial charge in [-0.25, -0.2) is 4.98 Å². The Morgan fingerprint density at radius 1 is 1.33 bits per heavy atom. The minimum Gasteiger partial charge on any atom is -0.384 e. The number of hydrogen-bond donors (Lipinski definition) is 2. The Labute approximate surface area is 127 Å². The summed E-state index contributed by atoms with van der Waals surface area (Å²) >= 11 is 0. The number of fused-ring (bicyclic) bond motifs is 1. The Hall–Kier alpha value is -1.58. The number of nitrogens with zero attached hydrogens (tertiary/aromatic N) is 2. The van der Waals surface area contributed by atoms with Crippen LogP contribution in [0.5, 0.6) is 0 Å². The van der Waals surface area contributed by atoms with Gasteiger partial charge in [0.15, 0.2) is 0 Å². The van der Waals surface area contributed by atoms with Crippen LogP contribution in [0.25, 0.3) is 0 Å². The third-order valence-corrected chi connectivity index (χ3v) is 4.94. The van der Waals surface area contributed by atoms with Crippen LogP contribution in [0.4, 0.5) is 5.82 Å². The van der Waals surface area contributed by atoms with Crippen LogP contribution >= 0.6 is 0 Å². The SMILES string of the molecule is CCC1CCCCCN1c1nc2c(cc1C(=N)N)CCC2. The normalized spacial score (nSPS) is 22.0. The lowest BCUT2D eigenvalue weighted by Gasteiger charge is -2.32. The molecule has 1 saturated heterocycles. The average molecular weight is 286 g/mol. The number of amidine groups is 1. The molecule has 0 aromatic carbocycles. The lowest BCUT2D eigenvalue weighted by atomic mass is 10.1. The van der Waals surface area contributed by atoms with E-state index >= 15 is 0 Å². The topological polar surface area (TPSA) is 66.0 Å². The Morgan fingerprint density at radius 3 is 2.95 bits per heavy atom. The summed E-state index contributed by atoms with van der Waals surface area (Å²) in [4.78, 5) is 7.38. The lowest BCUT2D eigenvalue weighted by molar-refractivity contribution is 0.551. The van der Waals surface area contributed by atoms with Gasteiger partial charge in [-0.05, 0) is 50.2 Å². The lowest BCUT2D eigenvalue weighted by Crippen LogP contribution is -2.37. The molecule has 1 atom stereocenters. The highest BCUT2D eigenvalue weighted by molar-refractivity contribution is 6.00. The molecule has 0 spiro atoms. The van der Waals surface area contributed by atoms with Crippen molar-refractivity contribution < 1.29 is 0 Å². The Kier molecular flexibility index (Phi) is 4.13. The highest BCUT2D eigenvalue weighted by Gasteiger charge is 2.26. The zero-order valence-electron chi connectivity index (χ0n) is 13.0. The van der Waals surface area contributed by atoms with Gasteiger partial charge in [0.25, 0.3) is 0 Å². The maximum atomic E-state index is 7.95. The van der Waals surface area contributed by atoms with E-state index in [1.165, 1.54) is 43.4 Å². The van der Waals surface area contributed by atoms with Crippen molar-refractivity contribution in [3.8, 4) is 0 Å². The molecule has 21 heavy (non-hydrogen) atoms. The molecular weight excluding hydrogens is 260 g/mol. The zero-order valence-corrected chi connectivity index (χ0v) is 13.0. The van der Waals surface area contributed by atoms with Crippen molar-refractivity contribution in [3.63, 3.8) is 0 Å². The molecule has 1 fully saturated rings. The second-order valence-corrected chi connectivity index (χ2v) is 6.34. The minimum atomic E-state index is 0.159. The van der Waals surface area contributed by atoms with Crippen molar-refractivity contribution in [2.24, 2.45) is 5.73 Å². The van der Waals surface area contributed by atoms with Gasteiger partial charge in [-0.3, -0.25) is 5.41 Å². The Balaban J connectivity index is 2.04. The third-order valence-electron chi connectivity index (χ3n) is 4.94. The number of aromatic nitrogens is 1. The number of nitrogens with two attached hydrogens (primary N) is 1. The Morgan fingerprint density at radius 2 is 2.19 bits per heavy atom. The minimum absolute atomic E-state index is 0.159. The van der Waals surface area contributed by atoms with Crippen molar-refractivity contribution in [3.05, 3.63) is 22.9 Å². The van der Waals surface area contributed by atoms with Crippen LogP contribution in [0, 0.1) is 5.41 Å². The molecule has 0 bridgehead atoms. The van der Waals surface area contributed by atoms with Crippen LogP contribution in [0.1, 0.15) is 62.3 Å². The first-order valence-corrected chi connectivity index (χ1v) is 8.34. The number of rotatable bonds is 3. The first-order chi connectivity index (χ1) is 10.2. The molecule has 2 aliphatic rings. The molecule has 1 aromatic rings. The summed E-state index contributed by atoms with van der Waals surface area (Å²) in [6, 6.07) is 2.67. The van der Waals surface area contributed by atoms with E-state index in [4.69, 9.17) is 16.1 Å². The smallest absolute Gasteiger partial charge is 0.140 e. The summed E-state index contributed by atoms with van der Waals surface area (Å²) in [7, 11) is 0. The van der Waals surface area contributed by atoms with E-state index in [-0.39, 0.29) is 5.84 Å². The van der Waals surface area contributed by atoms with E-state index in [9.17, 15) is 0 Å². The standard InChI is InChI=1S/C17H26N4/c1-2-13-8-4-3-5-10-21(13)17-14(16(18)19)11-12-7-6-9-15(12)20-17/h11,13H,2-10H2,1H3,(H3,18,19).